The Bertz CT molecular complexity index is 1860. The van der Waals surface area contributed by atoms with Crippen LogP contribution >= 0.6 is 0 Å². The lowest BCUT2D eigenvalue weighted by Crippen LogP contribution is -2.29. The van der Waals surface area contributed by atoms with Crippen molar-refractivity contribution in [2.75, 3.05) is 4.90 Å². The van der Waals surface area contributed by atoms with Gasteiger partial charge >= 0.3 is 5.97 Å². The van der Waals surface area contributed by atoms with Gasteiger partial charge in [0.1, 0.15) is 18.1 Å². The first-order valence-electron chi connectivity index (χ1n) is 12.6. The summed E-state index contributed by atoms with van der Waals surface area (Å²) in [5.74, 6) is -0.737. The van der Waals surface area contributed by atoms with E-state index >= 15 is 0 Å². The van der Waals surface area contributed by atoms with Crippen LogP contribution < -0.4 is 9.64 Å². The molecule has 9 nitrogen and oxygen atoms in total. The molecule has 9 heteroatoms. The lowest BCUT2D eigenvalue weighted by Gasteiger charge is -2.16. The number of rotatable bonds is 7. The fraction of sp³-hybridized carbons (Fsp3) is 0.0312. The third-order valence-electron chi connectivity index (χ3n) is 6.68. The quantitative estimate of drug-likeness (QED) is 0.0969. The summed E-state index contributed by atoms with van der Waals surface area (Å²) in [5, 5.41) is 12.5. The number of nitro benzene ring substituents is 1. The summed E-state index contributed by atoms with van der Waals surface area (Å²) < 4.78 is 11.2. The van der Waals surface area contributed by atoms with Gasteiger partial charge < -0.3 is 9.47 Å². The van der Waals surface area contributed by atoms with Crippen molar-refractivity contribution in [3.8, 4) is 11.5 Å². The molecule has 1 aliphatic heterocycles. The van der Waals surface area contributed by atoms with Gasteiger partial charge in [-0.05, 0) is 59.5 Å². The smallest absolute Gasteiger partial charge is 0.338 e. The molecule has 6 rings (SSSR count). The van der Waals surface area contributed by atoms with E-state index < -0.39 is 22.7 Å². The number of amides is 2. The van der Waals surface area contributed by atoms with Crippen molar-refractivity contribution in [1.82, 2.24) is 0 Å². The highest BCUT2D eigenvalue weighted by Gasteiger charge is 2.38. The van der Waals surface area contributed by atoms with Crippen LogP contribution in [0.15, 0.2) is 109 Å². The molecule has 0 aliphatic carbocycles. The number of imide groups is 1. The molecule has 0 bridgehead atoms. The van der Waals surface area contributed by atoms with E-state index in [-0.39, 0.29) is 29.0 Å². The van der Waals surface area contributed by atoms with Crippen LogP contribution in [0.5, 0.6) is 11.5 Å². The summed E-state index contributed by atoms with van der Waals surface area (Å²) in [7, 11) is 0. The zero-order valence-corrected chi connectivity index (χ0v) is 21.4. The molecule has 0 aromatic heterocycles. The number of ether oxygens (including phenoxy) is 2. The van der Waals surface area contributed by atoms with Crippen molar-refractivity contribution < 1.29 is 28.8 Å². The van der Waals surface area contributed by atoms with Crippen molar-refractivity contribution in [1.29, 1.82) is 0 Å². The van der Waals surface area contributed by atoms with Crippen LogP contribution in [-0.4, -0.2) is 22.7 Å². The molecule has 0 saturated carbocycles. The molecule has 1 aliphatic rings. The number of nitrogens with zero attached hydrogens (tertiary/aromatic N) is 2. The molecule has 0 radical (unpaired) electrons. The highest BCUT2D eigenvalue weighted by atomic mass is 16.6. The van der Waals surface area contributed by atoms with E-state index in [4.69, 9.17) is 9.47 Å². The number of carbonyl (C=O) groups is 3. The van der Waals surface area contributed by atoms with Crippen molar-refractivity contribution >= 4 is 39.9 Å². The monoisotopic (exact) mass is 544 g/mol. The summed E-state index contributed by atoms with van der Waals surface area (Å²) in [6.07, 6.45) is 0. The van der Waals surface area contributed by atoms with Crippen molar-refractivity contribution in [3.63, 3.8) is 0 Å². The molecule has 5 aromatic rings. The number of carbonyl (C=O) groups excluding carboxylic acids is 3. The van der Waals surface area contributed by atoms with Gasteiger partial charge in [-0.15, -0.1) is 0 Å². The highest BCUT2D eigenvalue weighted by molar-refractivity contribution is 6.36. The Hall–Kier alpha value is -5.83. The Kier molecular flexibility index (Phi) is 6.45. The van der Waals surface area contributed by atoms with E-state index in [2.05, 4.69) is 0 Å². The summed E-state index contributed by atoms with van der Waals surface area (Å²) in [4.78, 5) is 50.9. The van der Waals surface area contributed by atoms with E-state index in [1.165, 1.54) is 42.5 Å². The Morgan fingerprint density at radius 2 is 1.49 bits per heavy atom. The average molecular weight is 545 g/mol. The minimum atomic E-state index is -0.654. The zero-order valence-electron chi connectivity index (χ0n) is 21.4. The van der Waals surface area contributed by atoms with Crippen LogP contribution in [0.25, 0.3) is 10.8 Å². The first-order chi connectivity index (χ1) is 19.9. The number of anilines is 1. The summed E-state index contributed by atoms with van der Waals surface area (Å²) in [6, 6.07) is 29.8. The maximum Gasteiger partial charge on any atom is 0.338 e. The topological polar surface area (TPSA) is 116 Å². The van der Waals surface area contributed by atoms with Crippen LogP contribution in [0, 0.1) is 10.1 Å². The van der Waals surface area contributed by atoms with Crippen molar-refractivity contribution in [2.24, 2.45) is 0 Å². The van der Waals surface area contributed by atoms with Crippen molar-refractivity contribution in [3.05, 3.63) is 142 Å². The molecule has 0 N–H and O–H groups in total. The first-order valence-corrected chi connectivity index (χ1v) is 12.6. The second kappa shape index (κ2) is 10.4. The molecule has 5 aromatic carbocycles. The van der Waals surface area contributed by atoms with Gasteiger partial charge in [-0.2, -0.15) is 0 Å². The summed E-state index contributed by atoms with van der Waals surface area (Å²) in [5.41, 5.74) is 1.58. The fourth-order valence-corrected chi connectivity index (χ4v) is 4.69. The van der Waals surface area contributed by atoms with Gasteiger partial charge in [0.05, 0.1) is 27.3 Å². The average Bonchev–Trinajstić information content (AvgIpc) is 3.24. The van der Waals surface area contributed by atoms with Crippen LogP contribution in [-0.2, 0) is 11.3 Å². The molecule has 41 heavy (non-hydrogen) atoms. The van der Waals surface area contributed by atoms with Crippen LogP contribution in [0.2, 0.25) is 0 Å². The molecule has 200 valence electrons. The van der Waals surface area contributed by atoms with Gasteiger partial charge in [0.2, 0.25) is 0 Å². The number of esters is 1. The lowest BCUT2D eigenvalue weighted by molar-refractivity contribution is -0.384. The summed E-state index contributed by atoms with van der Waals surface area (Å²) >= 11 is 0. The van der Waals surface area contributed by atoms with Crippen LogP contribution in [0.3, 0.4) is 0 Å². The SMILES string of the molecule is O=C(OCc1cccc(Oc2ccc([N+](=O)[O-])cc2)c1)c1ccc2c(c1)C(=O)N(c1cccc3ccccc13)C2=O. The molecule has 0 spiro atoms. The Balaban J connectivity index is 1.16. The van der Waals surface area contributed by atoms with Gasteiger partial charge in [-0.25, -0.2) is 9.69 Å². The van der Waals surface area contributed by atoms with Gasteiger partial charge in [0, 0.05) is 17.5 Å². The van der Waals surface area contributed by atoms with E-state index in [1.807, 2.05) is 30.3 Å². The maximum atomic E-state index is 13.4. The molecule has 0 saturated heterocycles. The van der Waals surface area contributed by atoms with E-state index in [1.54, 1.807) is 36.4 Å². The van der Waals surface area contributed by atoms with E-state index in [0.29, 0.717) is 22.7 Å². The molecular formula is C32H20N2O7. The van der Waals surface area contributed by atoms with Crippen LogP contribution in [0.4, 0.5) is 11.4 Å². The van der Waals surface area contributed by atoms with Gasteiger partial charge in [0.15, 0.2) is 0 Å². The van der Waals surface area contributed by atoms with Gasteiger partial charge in [-0.3, -0.25) is 19.7 Å². The molecular weight excluding hydrogens is 524 g/mol. The number of benzene rings is 5. The lowest BCUT2D eigenvalue weighted by atomic mass is 10.1. The number of hydrogen-bond acceptors (Lipinski definition) is 7. The van der Waals surface area contributed by atoms with Gasteiger partial charge in [-0.1, -0.05) is 48.5 Å². The Morgan fingerprint density at radius 3 is 2.29 bits per heavy atom. The van der Waals surface area contributed by atoms with Gasteiger partial charge in [0.25, 0.3) is 17.5 Å². The largest absolute Gasteiger partial charge is 0.457 e. The predicted octanol–water partition coefficient (Wildman–Crippen LogP) is 6.70. The number of non-ortho nitro benzene ring substituents is 1. The number of nitro groups is 1. The maximum absolute atomic E-state index is 13.4. The third kappa shape index (κ3) is 4.87. The predicted molar refractivity (Wildman–Crippen MR) is 150 cm³/mol. The first kappa shape index (κ1) is 25.4. The minimum absolute atomic E-state index is 0.0445. The molecule has 0 fully saturated rings. The van der Waals surface area contributed by atoms with Crippen molar-refractivity contribution in [2.45, 2.75) is 6.61 Å². The normalized spacial score (nSPS) is 12.3. The second-order valence-electron chi connectivity index (χ2n) is 9.28. The third-order valence-corrected chi connectivity index (χ3v) is 6.68. The number of hydrogen-bond donors (Lipinski definition) is 0. The van der Waals surface area contributed by atoms with E-state index in [0.717, 1.165) is 15.7 Å². The fourth-order valence-electron chi connectivity index (χ4n) is 4.69. The second-order valence-corrected chi connectivity index (χ2v) is 9.28. The van der Waals surface area contributed by atoms with Crippen LogP contribution in [0.1, 0.15) is 36.6 Å². The molecule has 2 amide bonds. The standard InChI is InChI=1S/C32H20N2O7/c35-30-27-16-11-22(18-28(27)31(36)33(30)29-10-4-7-21-6-1-2-9-26(21)29)32(37)40-19-20-5-3-8-25(17-20)41-24-14-12-23(13-15-24)34(38)39/h1-18H,19H2. The Labute approximate surface area is 233 Å². The molecule has 0 unspecified atom stereocenters. The summed E-state index contributed by atoms with van der Waals surface area (Å²) in [6.45, 7) is -0.0671. The zero-order chi connectivity index (χ0) is 28.5. The molecule has 0 atom stereocenters. The number of fused-ring (bicyclic) bond motifs is 2. The Morgan fingerprint density at radius 1 is 0.756 bits per heavy atom. The minimum Gasteiger partial charge on any atom is -0.457 e. The highest BCUT2D eigenvalue weighted by Crippen LogP contribution is 2.34. The van der Waals surface area contributed by atoms with E-state index in [9.17, 15) is 24.5 Å². The molecule has 1 heterocycles.